The first kappa shape index (κ1) is 29.7. The van der Waals surface area contributed by atoms with Gasteiger partial charge >= 0.3 is 0 Å². The molecule has 4 aromatic heterocycles. The van der Waals surface area contributed by atoms with Crippen molar-refractivity contribution in [3.05, 3.63) is 164 Å². The average molecular weight is 698 g/mol. The Kier molecular flexibility index (Phi) is 6.62. The second-order valence-electron chi connectivity index (χ2n) is 13.1. The molecule has 0 spiro atoms. The lowest BCUT2D eigenvalue weighted by Crippen LogP contribution is -2.06. The third-order valence-electron chi connectivity index (χ3n) is 9.93. The van der Waals surface area contributed by atoms with Crippen LogP contribution in [0.5, 0.6) is 0 Å². The summed E-state index contributed by atoms with van der Waals surface area (Å²) < 4.78 is 10.6. The molecule has 248 valence electrons. The predicted molar refractivity (Wildman–Crippen MR) is 216 cm³/mol. The Morgan fingerprint density at radius 1 is 0.453 bits per heavy atom. The zero-order valence-electron chi connectivity index (χ0n) is 28.1. The largest absolute Gasteiger partial charge is 0.436 e. The molecule has 0 aliphatic heterocycles. The second kappa shape index (κ2) is 11.8. The fourth-order valence-corrected chi connectivity index (χ4v) is 8.61. The number of benzene rings is 7. The van der Waals surface area contributed by atoms with E-state index >= 15 is 0 Å². The van der Waals surface area contributed by atoms with Crippen molar-refractivity contribution in [1.29, 1.82) is 0 Å². The van der Waals surface area contributed by atoms with Crippen molar-refractivity contribution in [2.45, 2.75) is 0 Å². The molecule has 0 amide bonds. The first-order valence-electron chi connectivity index (χ1n) is 17.5. The van der Waals surface area contributed by atoms with Gasteiger partial charge in [0, 0.05) is 47.6 Å². The van der Waals surface area contributed by atoms with E-state index in [-0.39, 0.29) is 0 Å². The molecule has 11 rings (SSSR count). The number of fused-ring (bicyclic) bond motifs is 7. The van der Waals surface area contributed by atoms with Gasteiger partial charge in [0.05, 0.1) is 11.0 Å². The highest BCUT2D eigenvalue weighted by molar-refractivity contribution is 7.26. The van der Waals surface area contributed by atoms with E-state index in [4.69, 9.17) is 24.4 Å². The summed E-state index contributed by atoms with van der Waals surface area (Å²) in [5, 5.41) is 4.55. The molecule has 11 aromatic rings. The van der Waals surface area contributed by atoms with Gasteiger partial charge < -0.3 is 4.42 Å². The predicted octanol–water partition coefficient (Wildman–Crippen LogP) is 12.1. The van der Waals surface area contributed by atoms with Gasteiger partial charge in [0.25, 0.3) is 0 Å². The summed E-state index contributed by atoms with van der Waals surface area (Å²) in [5.41, 5.74) is 8.83. The molecule has 0 saturated heterocycles. The maximum absolute atomic E-state index is 6.13. The summed E-state index contributed by atoms with van der Waals surface area (Å²) in [6, 6.07) is 56.4. The van der Waals surface area contributed by atoms with Crippen molar-refractivity contribution in [2.75, 3.05) is 0 Å². The lowest BCUT2D eigenvalue weighted by atomic mass is 10.0. The minimum atomic E-state index is 0.573. The maximum Gasteiger partial charge on any atom is 0.238 e. The van der Waals surface area contributed by atoms with Crippen molar-refractivity contribution in [3.8, 4) is 51.3 Å². The molecule has 7 aromatic carbocycles. The summed E-state index contributed by atoms with van der Waals surface area (Å²) in [6.45, 7) is 0. The number of rotatable bonds is 5. The summed E-state index contributed by atoms with van der Waals surface area (Å²) in [7, 11) is 0. The van der Waals surface area contributed by atoms with Gasteiger partial charge in [-0.2, -0.15) is 9.97 Å². The summed E-state index contributed by atoms with van der Waals surface area (Å²) in [4.78, 5) is 20.4. The number of para-hydroxylation sites is 4. The lowest BCUT2D eigenvalue weighted by Gasteiger charge is -2.12. The van der Waals surface area contributed by atoms with E-state index in [0.717, 1.165) is 80.9 Å². The first-order chi connectivity index (χ1) is 26.2. The van der Waals surface area contributed by atoms with Crippen molar-refractivity contribution in [3.63, 3.8) is 0 Å². The minimum Gasteiger partial charge on any atom is -0.436 e. The van der Waals surface area contributed by atoms with Crippen LogP contribution >= 0.6 is 11.3 Å². The molecular formula is C46H27N5OS. The minimum absolute atomic E-state index is 0.573. The molecule has 7 heteroatoms. The Balaban J connectivity index is 1.12. The van der Waals surface area contributed by atoms with Gasteiger partial charge in [-0.15, -0.1) is 11.3 Å². The first-order valence-corrected chi connectivity index (χ1v) is 18.3. The van der Waals surface area contributed by atoms with E-state index in [1.807, 2.05) is 30.3 Å². The van der Waals surface area contributed by atoms with Gasteiger partial charge in [-0.3, -0.25) is 4.57 Å². The molecule has 4 heterocycles. The Labute approximate surface area is 307 Å². The van der Waals surface area contributed by atoms with Crippen LogP contribution in [0.3, 0.4) is 0 Å². The van der Waals surface area contributed by atoms with Crippen LogP contribution < -0.4 is 0 Å². The molecule has 0 N–H and O–H groups in total. The van der Waals surface area contributed by atoms with Gasteiger partial charge in [0.15, 0.2) is 17.2 Å². The molecular weight excluding hydrogens is 671 g/mol. The summed E-state index contributed by atoms with van der Waals surface area (Å²) >= 11 is 1.75. The number of aromatic nitrogens is 5. The summed E-state index contributed by atoms with van der Waals surface area (Å²) in [5.74, 6) is 2.42. The van der Waals surface area contributed by atoms with E-state index in [1.54, 1.807) is 11.3 Å². The zero-order chi connectivity index (χ0) is 34.9. The molecule has 6 nitrogen and oxygen atoms in total. The van der Waals surface area contributed by atoms with Crippen LogP contribution in [0.25, 0.3) is 104 Å². The average Bonchev–Trinajstić information content (AvgIpc) is 3.93. The van der Waals surface area contributed by atoms with Gasteiger partial charge in [-0.1, -0.05) is 121 Å². The maximum atomic E-state index is 6.13. The molecule has 0 unspecified atom stereocenters. The van der Waals surface area contributed by atoms with Crippen LogP contribution in [0.1, 0.15) is 0 Å². The normalized spacial score (nSPS) is 11.8. The van der Waals surface area contributed by atoms with Crippen LogP contribution in [0, 0.1) is 0 Å². The van der Waals surface area contributed by atoms with Gasteiger partial charge in [0.2, 0.25) is 11.8 Å². The molecule has 0 aliphatic rings. The number of thiophene rings is 1. The van der Waals surface area contributed by atoms with Crippen LogP contribution in [0.2, 0.25) is 0 Å². The fraction of sp³-hybridized carbons (Fsp3) is 0. The van der Waals surface area contributed by atoms with Crippen molar-refractivity contribution < 1.29 is 4.42 Å². The van der Waals surface area contributed by atoms with Crippen LogP contribution in [-0.4, -0.2) is 24.5 Å². The molecule has 0 atom stereocenters. The van der Waals surface area contributed by atoms with Crippen LogP contribution in [0.15, 0.2) is 168 Å². The number of hydrogen-bond acceptors (Lipinski definition) is 6. The molecule has 0 saturated carbocycles. The SMILES string of the molecule is c1ccc(-c2ccc(-c3nc(-c4cccc5sc6cc(-c7nc8ccccc8o7)ccc6c45)nc(-n4c5ccccc5c5ccccc54)n3)cc2)cc1. The smallest absolute Gasteiger partial charge is 0.238 e. The highest BCUT2D eigenvalue weighted by Gasteiger charge is 2.20. The van der Waals surface area contributed by atoms with Crippen molar-refractivity contribution >= 4 is 64.4 Å². The van der Waals surface area contributed by atoms with Crippen molar-refractivity contribution in [2.24, 2.45) is 0 Å². The van der Waals surface area contributed by atoms with Gasteiger partial charge in [-0.25, -0.2) is 9.97 Å². The van der Waals surface area contributed by atoms with E-state index in [2.05, 4.69) is 138 Å². The van der Waals surface area contributed by atoms with Gasteiger partial charge in [-0.05, 0) is 53.6 Å². The molecule has 0 aliphatic carbocycles. The standard InChI is InChI=1S/C46H27N5OS/c1-2-11-28(12-3-1)29-21-23-30(24-22-29)43-48-44(50-46(49-43)51-37-17-7-4-13-32(37)33-14-5-8-18-38(33)51)35-15-10-20-40-42(35)34-26-25-31(27-41(34)53-40)45-47-36-16-6-9-19-39(36)52-45/h1-27H. The highest BCUT2D eigenvalue weighted by atomic mass is 32.1. The van der Waals surface area contributed by atoms with Gasteiger partial charge in [0.1, 0.15) is 5.52 Å². The monoisotopic (exact) mass is 697 g/mol. The Hall–Kier alpha value is -6.96. The van der Waals surface area contributed by atoms with Crippen LogP contribution in [-0.2, 0) is 0 Å². The van der Waals surface area contributed by atoms with Crippen LogP contribution in [0.4, 0.5) is 0 Å². The zero-order valence-corrected chi connectivity index (χ0v) is 29.0. The van der Waals surface area contributed by atoms with Crippen molar-refractivity contribution in [1.82, 2.24) is 24.5 Å². The summed E-state index contributed by atoms with van der Waals surface area (Å²) in [6.07, 6.45) is 0. The molecule has 0 bridgehead atoms. The van der Waals surface area contributed by atoms with E-state index in [0.29, 0.717) is 23.5 Å². The van der Waals surface area contributed by atoms with E-state index in [9.17, 15) is 0 Å². The van der Waals surface area contributed by atoms with E-state index < -0.39 is 0 Å². The molecule has 53 heavy (non-hydrogen) atoms. The Bertz CT molecular complexity index is 3090. The third-order valence-corrected chi connectivity index (χ3v) is 11.1. The third kappa shape index (κ3) is 4.86. The second-order valence-corrected chi connectivity index (χ2v) is 14.2. The number of nitrogens with zero attached hydrogens (tertiary/aromatic N) is 5. The topological polar surface area (TPSA) is 69.6 Å². The number of oxazole rings is 1. The fourth-order valence-electron chi connectivity index (χ4n) is 7.44. The quantitative estimate of drug-likeness (QED) is 0.179. The Morgan fingerprint density at radius 2 is 1.11 bits per heavy atom. The van der Waals surface area contributed by atoms with E-state index in [1.165, 1.54) is 0 Å². The number of hydrogen-bond donors (Lipinski definition) is 0. The molecule has 0 radical (unpaired) electrons. The molecule has 0 fully saturated rings. The lowest BCUT2D eigenvalue weighted by molar-refractivity contribution is 0.620. The Morgan fingerprint density at radius 3 is 1.91 bits per heavy atom. The highest BCUT2D eigenvalue weighted by Crippen LogP contribution is 2.42.